The van der Waals surface area contributed by atoms with E-state index in [4.69, 9.17) is 21.1 Å². The van der Waals surface area contributed by atoms with Crippen LogP contribution in [0.25, 0.3) is 0 Å². The molecule has 2 rings (SSSR count). The largest absolute Gasteiger partial charge is 0.494 e. The van der Waals surface area contributed by atoms with E-state index in [-0.39, 0.29) is 17.7 Å². The smallest absolute Gasteiger partial charge is 0.307 e. The van der Waals surface area contributed by atoms with Crippen LogP contribution in [0.4, 0.5) is 4.39 Å². The molecule has 7 heteroatoms. The van der Waals surface area contributed by atoms with E-state index in [0.717, 1.165) is 11.0 Å². The number of benzene rings is 2. The predicted octanol–water partition coefficient (Wildman–Crippen LogP) is 4.40. The fraction of sp³-hybridized carbons (Fsp3) is 0.222. The van der Waals surface area contributed by atoms with Crippen LogP contribution in [0.5, 0.6) is 5.75 Å². The molecule has 0 atom stereocenters. The van der Waals surface area contributed by atoms with Gasteiger partial charge in [-0.05, 0) is 42.5 Å². The van der Waals surface area contributed by atoms with Gasteiger partial charge in [-0.2, -0.15) is 0 Å². The molecule has 0 bridgehead atoms. The Bertz CT molecular complexity index is 749. The number of ketones is 1. The SMILES string of the molecule is COc1ccc(C(=O)COC(=O)CCSc2ccc(Cl)cc2)cc1F. The molecule has 2 aromatic carbocycles. The Balaban J connectivity index is 1.74. The number of carbonyl (C=O) groups is 2. The van der Waals surface area contributed by atoms with Gasteiger partial charge in [-0.3, -0.25) is 9.59 Å². The van der Waals surface area contributed by atoms with Gasteiger partial charge in [0.1, 0.15) is 0 Å². The summed E-state index contributed by atoms with van der Waals surface area (Å²) in [6.45, 7) is -0.420. The zero-order valence-electron chi connectivity index (χ0n) is 13.5. The van der Waals surface area contributed by atoms with Crippen molar-refractivity contribution < 1.29 is 23.5 Å². The lowest BCUT2D eigenvalue weighted by Gasteiger charge is -2.06. The first-order chi connectivity index (χ1) is 12.0. The molecule has 0 amide bonds. The summed E-state index contributed by atoms with van der Waals surface area (Å²) in [6.07, 6.45) is 0.164. The van der Waals surface area contributed by atoms with E-state index >= 15 is 0 Å². The highest BCUT2D eigenvalue weighted by Gasteiger charge is 2.13. The molecule has 0 radical (unpaired) electrons. The molecule has 0 heterocycles. The first-order valence-electron chi connectivity index (χ1n) is 7.40. The van der Waals surface area contributed by atoms with Gasteiger partial charge in [0.15, 0.2) is 24.0 Å². The standard InChI is InChI=1S/C18H16ClFO4S/c1-23-17-7-2-12(10-15(17)20)16(21)11-24-18(22)8-9-25-14-5-3-13(19)4-6-14/h2-7,10H,8-9,11H2,1H3. The van der Waals surface area contributed by atoms with Crippen molar-refractivity contribution in [3.63, 3.8) is 0 Å². The molecule has 0 fully saturated rings. The van der Waals surface area contributed by atoms with E-state index in [1.165, 1.54) is 31.0 Å². The van der Waals surface area contributed by atoms with Crippen LogP contribution < -0.4 is 4.74 Å². The minimum Gasteiger partial charge on any atom is -0.494 e. The van der Waals surface area contributed by atoms with Crippen LogP contribution in [-0.2, 0) is 9.53 Å². The van der Waals surface area contributed by atoms with Gasteiger partial charge < -0.3 is 9.47 Å². The molecular weight excluding hydrogens is 367 g/mol. The molecule has 0 aliphatic heterocycles. The molecule has 25 heavy (non-hydrogen) atoms. The van der Waals surface area contributed by atoms with Crippen molar-refractivity contribution in [1.29, 1.82) is 0 Å². The van der Waals surface area contributed by atoms with Crippen LogP contribution in [0.15, 0.2) is 47.4 Å². The number of carbonyl (C=O) groups excluding carboxylic acids is 2. The van der Waals surface area contributed by atoms with E-state index < -0.39 is 24.2 Å². The average molecular weight is 383 g/mol. The topological polar surface area (TPSA) is 52.6 Å². The van der Waals surface area contributed by atoms with Crippen molar-refractivity contribution in [2.24, 2.45) is 0 Å². The predicted molar refractivity (Wildman–Crippen MR) is 95.0 cm³/mol. The Hall–Kier alpha value is -2.05. The summed E-state index contributed by atoms with van der Waals surface area (Å²) in [5.41, 5.74) is 0.127. The lowest BCUT2D eigenvalue weighted by atomic mass is 10.1. The molecule has 0 aliphatic rings. The maximum Gasteiger partial charge on any atom is 0.307 e. The third kappa shape index (κ3) is 6.07. The van der Waals surface area contributed by atoms with E-state index in [0.29, 0.717) is 10.8 Å². The quantitative estimate of drug-likeness (QED) is 0.385. The zero-order chi connectivity index (χ0) is 18.2. The number of esters is 1. The summed E-state index contributed by atoms with van der Waals surface area (Å²) < 4.78 is 23.3. The first-order valence-corrected chi connectivity index (χ1v) is 8.76. The van der Waals surface area contributed by atoms with Crippen LogP contribution >= 0.6 is 23.4 Å². The number of ether oxygens (including phenoxy) is 2. The molecule has 0 N–H and O–H groups in total. The minimum absolute atomic E-state index is 0.0489. The fourth-order valence-electron chi connectivity index (χ4n) is 1.92. The second-order valence-corrected chi connectivity index (χ2v) is 6.59. The number of thioether (sulfide) groups is 1. The average Bonchev–Trinajstić information content (AvgIpc) is 2.61. The second-order valence-electron chi connectivity index (χ2n) is 4.99. The van der Waals surface area contributed by atoms with E-state index in [1.54, 1.807) is 12.1 Å². The second kappa shape index (κ2) is 9.44. The Kier molecular flexibility index (Phi) is 7.28. The third-order valence-electron chi connectivity index (χ3n) is 3.23. The van der Waals surface area contributed by atoms with Gasteiger partial charge in [-0.15, -0.1) is 11.8 Å². The summed E-state index contributed by atoms with van der Waals surface area (Å²) in [5, 5.41) is 0.650. The number of hydrogen-bond donors (Lipinski definition) is 0. The number of hydrogen-bond acceptors (Lipinski definition) is 5. The molecule has 0 aromatic heterocycles. The number of methoxy groups -OCH3 is 1. The molecule has 4 nitrogen and oxygen atoms in total. The van der Waals surface area contributed by atoms with Gasteiger partial charge in [0.25, 0.3) is 0 Å². The molecule has 132 valence electrons. The molecular formula is C18H16ClFO4S. The van der Waals surface area contributed by atoms with Crippen molar-refractivity contribution in [3.8, 4) is 5.75 Å². The molecule has 0 spiro atoms. The van der Waals surface area contributed by atoms with Crippen molar-refractivity contribution in [1.82, 2.24) is 0 Å². The Morgan fingerprint density at radius 3 is 2.52 bits per heavy atom. The van der Waals surface area contributed by atoms with Crippen molar-refractivity contribution in [2.45, 2.75) is 11.3 Å². The van der Waals surface area contributed by atoms with Crippen LogP contribution in [0.2, 0.25) is 5.02 Å². The molecule has 0 unspecified atom stereocenters. The van der Waals surface area contributed by atoms with Crippen LogP contribution in [0.3, 0.4) is 0 Å². The lowest BCUT2D eigenvalue weighted by molar-refractivity contribution is -0.141. The third-order valence-corrected chi connectivity index (χ3v) is 4.49. The normalized spacial score (nSPS) is 10.4. The summed E-state index contributed by atoms with van der Waals surface area (Å²) >= 11 is 7.28. The van der Waals surface area contributed by atoms with Gasteiger partial charge >= 0.3 is 5.97 Å². The van der Waals surface area contributed by atoms with Crippen LogP contribution in [0, 0.1) is 5.82 Å². The van der Waals surface area contributed by atoms with Crippen LogP contribution in [-0.4, -0.2) is 31.2 Å². The van der Waals surface area contributed by atoms with Crippen molar-refractivity contribution in [3.05, 3.63) is 58.9 Å². The van der Waals surface area contributed by atoms with Crippen molar-refractivity contribution in [2.75, 3.05) is 19.5 Å². The highest BCUT2D eigenvalue weighted by molar-refractivity contribution is 7.99. The summed E-state index contributed by atoms with van der Waals surface area (Å²) in [4.78, 5) is 24.6. The number of halogens is 2. The van der Waals surface area contributed by atoms with E-state index in [2.05, 4.69) is 0 Å². The van der Waals surface area contributed by atoms with Gasteiger partial charge in [0, 0.05) is 21.2 Å². The highest BCUT2D eigenvalue weighted by Crippen LogP contribution is 2.21. The first kappa shape index (κ1) is 19.3. The fourth-order valence-corrected chi connectivity index (χ4v) is 2.88. The van der Waals surface area contributed by atoms with Gasteiger partial charge in [-0.1, -0.05) is 11.6 Å². The maximum absolute atomic E-state index is 13.6. The molecule has 0 saturated carbocycles. The zero-order valence-corrected chi connectivity index (χ0v) is 15.0. The van der Waals surface area contributed by atoms with E-state index in [9.17, 15) is 14.0 Å². The molecule has 2 aromatic rings. The highest BCUT2D eigenvalue weighted by atomic mass is 35.5. The molecule has 0 aliphatic carbocycles. The van der Waals surface area contributed by atoms with Crippen LogP contribution in [0.1, 0.15) is 16.8 Å². The monoisotopic (exact) mass is 382 g/mol. The maximum atomic E-state index is 13.6. The minimum atomic E-state index is -0.640. The lowest BCUT2D eigenvalue weighted by Crippen LogP contribution is -2.14. The Morgan fingerprint density at radius 1 is 1.16 bits per heavy atom. The van der Waals surface area contributed by atoms with Crippen molar-refractivity contribution >= 4 is 35.1 Å². The molecule has 0 saturated heterocycles. The Morgan fingerprint density at radius 2 is 1.88 bits per heavy atom. The summed E-state index contributed by atoms with van der Waals surface area (Å²) in [5.74, 6) is -1.03. The number of Topliss-reactive ketones (excluding diaryl/α,β-unsaturated/α-hetero) is 1. The van der Waals surface area contributed by atoms with Gasteiger partial charge in [-0.25, -0.2) is 4.39 Å². The number of rotatable bonds is 8. The van der Waals surface area contributed by atoms with E-state index in [1.807, 2.05) is 12.1 Å². The summed E-state index contributed by atoms with van der Waals surface area (Å²) in [7, 11) is 1.34. The summed E-state index contributed by atoms with van der Waals surface area (Å²) in [6, 6.07) is 11.1. The Labute approximate surface area is 154 Å². The van der Waals surface area contributed by atoms with Gasteiger partial charge in [0.05, 0.1) is 13.5 Å². The van der Waals surface area contributed by atoms with Gasteiger partial charge in [0.2, 0.25) is 0 Å².